The van der Waals surface area contributed by atoms with Crippen LogP contribution in [0.3, 0.4) is 0 Å². The van der Waals surface area contributed by atoms with E-state index in [-0.39, 0.29) is 35.4 Å². The van der Waals surface area contributed by atoms with Crippen molar-refractivity contribution in [1.29, 1.82) is 0 Å². The predicted molar refractivity (Wildman–Crippen MR) is 103 cm³/mol. The molecule has 0 fully saturated rings. The third-order valence-corrected chi connectivity index (χ3v) is 6.88. The minimum Gasteiger partial charge on any atom is -0.310 e. The molecule has 5 nitrogen and oxygen atoms in total. The lowest BCUT2D eigenvalue weighted by molar-refractivity contribution is -0.119. The zero-order chi connectivity index (χ0) is 19.1. The molecule has 0 spiro atoms. The van der Waals surface area contributed by atoms with Crippen molar-refractivity contribution in [1.82, 2.24) is 0 Å². The molecule has 0 saturated heterocycles. The van der Waals surface area contributed by atoms with Gasteiger partial charge in [-0.1, -0.05) is 18.5 Å². The van der Waals surface area contributed by atoms with Gasteiger partial charge in [-0.15, -0.1) is 11.3 Å². The van der Waals surface area contributed by atoms with Crippen LogP contribution in [0.2, 0.25) is 4.34 Å². The van der Waals surface area contributed by atoms with E-state index >= 15 is 0 Å². The summed E-state index contributed by atoms with van der Waals surface area (Å²) in [7, 11) is -3.71. The van der Waals surface area contributed by atoms with Crippen molar-refractivity contribution >= 4 is 50.2 Å². The maximum Gasteiger partial charge on any atom is 0.237 e. The number of fused-ring (bicyclic) bond motifs is 1. The highest BCUT2D eigenvalue weighted by atomic mass is 35.5. The first-order valence-corrected chi connectivity index (χ1v) is 10.9. The number of carbonyl (C=O) groups excluding carboxylic acids is 1. The lowest BCUT2D eigenvalue weighted by Crippen LogP contribution is -2.36. The molecule has 1 aliphatic heterocycles. The summed E-state index contributed by atoms with van der Waals surface area (Å²) in [6.45, 7) is 3.97. The third-order valence-electron chi connectivity index (χ3n) is 4.23. The van der Waals surface area contributed by atoms with Gasteiger partial charge in [0.05, 0.1) is 15.7 Å². The number of hydrogen-bond acceptors (Lipinski definition) is 4. The quantitative estimate of drug-likeness (QED) is 0.788. The predicted octanol–water partition coefficient (Wildman–Crippen LogP) is 4.34. The second kappa shape index (κ2) is 7.17. The van der Waals surface area contributed by atoms with Gasteiger partial charge in [0, 0.05) is 23.9 Å². The van der Waals surface area contributed by atoms with E-state index in [4.69, 9.17) is 11.6 Å². The number of benzene rings is 1. The summed E-state index contributed by atoms with van der Waals surface area (Å²) < 4.78 is 42.4. The molecule has 1 amide bonds. The van der Waals surface area contributed by atoms with E-state index in [9.17, 15) is 17.6 Å². The van der Waals surface area contributed by atoms with Gasteiger partial charge in [0.25, 0.3) is 0 Å². The highest BCUT2D eigenvalue weighted by Gasteiger charge is 2.31. The highest BCUT2D eigenvalue weighted by Crippen LogP contribution is 2.39. The number of hydrogen-bond donors (Lipinski definition) is 1. The van der Waals surface area contributed by atoms with Crippen LogP contribution in [0.15, 0.2) is 24.3 Å². The molecule has 2 aromatic rings. The van der Waals surface area contributed by atoms with Crippen LogP contribution in [0.25, 0.3) is 0 Å². The van der Waals surface area contributed by atoms with E-state index in [2.05, 4.69) is 4.72 Å². The van der Waals surface area contributed by atoms with Crippen molar-refractivity contribution < 1.29 is 17.6 Å². The molecule has 9 heteroatoms. The van der Waals surface area contributed by atoms with Gasteiger partial charge in [-0.05, 0) is 36.6 Å². The van der Waals surface area contributed by atoms with Crippen LogP contribution < -0.4 is 9.62 Å². The summed E-state index contributed by atoms with van der Waals surface area (Å²) in [5.74, 6) is -1.16. The average Bonchev–Trinajstić information content (AvgIpc) is 2.92. The van der Waals surface area contributed by atoms with Crippen molar-refractivity contribution in [2.24, 2.45) is 0 Å². The van der Waals surface area contributed by atoms with Crippen molar-refractivity contribution in [3.8, 4) is 0 Å². The molecular formula is C17H18ClFN2O3S2. The topological polar surface area (TPSA) is 66.5 Å². The Bertz CT molecular complexity index is 959. The monoisotopic (exact) mass is 416 g/mol. The normalized spacial score (nSPS) is 17.3. The number of carbonyl (C=O) groups is 1. The van der Waals surface area contributed by atoms with Gasteiger partial charge < -0.3 is 4.90 Å². The van der Waals surface area contributed by atoms with Crippen LogP contribution in [0.4, 0.5) is 15.8 Å². The van der Waals surface area contributed by atoms with Crippen LogP contribution in [0.1, 0.15) is 36.6 Å². The molecule has 1 aliphatic rings. The van der Waals surface area contributed by atoms with Gasteiger partial charge in [0.2, 0.25) is 15.9 Å². The first-order valence-electron chi connectivity index (χ1n) is 8.08. The van der Waals surface area contributed by atoms with E-state index in [0.29, 0.717) is 21.3 Å². The van der Waals surface area contributed by atoms with E-state index in [1.165, 1.54) is 16.2 Å². The maximum absolute atomic E-state index is 14.7. The number of rotatable bonds is 5. The second-order valence-electron chi connectivity index (χ2n) is 6.21. The Hall–Kier alpha value is -1.64. The fourth-order valence-corrected chi connectivity index (χ4v) is 5.72. The highest BCUT2D eigenvalue weighted by molar-refractivity contribution is 7.92. The van der Waals surface area contributed by atoms with Crippen LogP contribution in [-0.2, 0) is 20.6 Å². The Kier molecular flexibility index (Phi) is 5.28. The second-order valence-corrected chi connectivity index (χ2v) is 9.73. The Morgan fingerprint density at radius 3 is 2.73 bits per heavy atom. The van der Waals surface area contributed by atoms with E-state index in [0.717, 1.165) is 6.07 Å². The first kappa shape index (κ1) is 19.1. The lowest BCUT2D eigenvalue weighted by Gasteiger charge is -2.32. The van der Waals surface area contributed by atoms with Gasteiger partial charge in [0.15, 0.2) is 0 Å². The van der Waals surface area contributed by atoms with E-state index < -0.39 is 15.8 Å². The summed E-state index contributed by atoms with van der Waals surface area (Å²) in [4.78, 5) is 14.1. The molecule has 0 aliphatic carbocycles. The number of nitrogens with zero attached hydrogens (tertiary/aromatic N) is 1. The summed E-state index contributed by atoms with van der Waals surface area (Å²) in [6, 6.07) is 6.00. The molecule has 1 N–H and O–H groups in total. The third kappa shape index (κ3) is 3.87. The number of halogens is 2. The molecule has 26 heavy (non-hydrogen) atoms. The van der Waals surface area contributed by atoms with E-state index in [1.807, 2.05) is 6.92 Å². The number of anilines is 2. The Morgan fingerprint density at radius 1 is 1.38 bits per heavy atom. The molecular weight excluding hydrogens is 399 g/mol. The molecule has 140 valence electrons. The lowest BCUT2D eigenvalue weighted by atomic mass is 9.90. The molecule has 0 bridgehead atoms. The van der Waals surface area contributed by atoms with Crippen molar-refractivity contribution in [3.63, 3.8) is 0 Å². The molecule has 2 heterocycles. The molecule has 0 saturated carbocycles. The van der Waals surface area contributed by atoms with Crippen molar-refractivity contribution in [2.45, 2.75) is 31.9 Å². The number of sulfonamides is 1. The number of amides is 1. The standard InChI is InChI=1S/C17H18ClFN2O3S2/c1-3-21-16(22)6-10(2)13-7-11(8-14(19)17(13)21)20-26(23,24)9-12-4-5-15(18)25-12/h4-5,7-8,10,20H,3,6,9H2,1-2H3. The van der Waals surface area contributed by atoms with E-state index in [1.54, 1.807) is 25.1 Å². The summed E-state index contributed by atoms with van der Waals surface area (Å²) >= 11 is 7.01. The smallest absolute Gasteiger partial charge is 0.237 e. The van der Waals surface area contributed by atoms with Gasteiger partial charge in [-0.2, -0.15) is 0 Å². The van der Waals surface area contributed by atoms with Crippen LogP contribution in [0, 0.1) is 5.82 Å². The molecule has 1 aromatic carbocycles. The van der Waals surface area contributed by atoms with Crippen molar-refractivity contribution in [3.05, 3.63) is 44.9 Å². The van der Waals surface area contributed by atoms with Gasteiger partial charge in [-0.25, -0.2) is 12.8 Å². The molecule has 1 atom stereocenters. The molecule has 0 radical (unpaired) electrons. The summed E-state index contributed by atoms with van der Waals surface area (Å²) in [5, 5.41) is 0. The first-order chi connectivity index (χ1) is 12.2. The van der Waals surface area contributed by atoms with Gasteiger partial charge >= 0.3 is 0 Å². The van der Waals surface area contributed by atoms with Crippen molar-refractivity contribution in [2.75, 3.05) is 16.2 Å². The largest absolute Gasteiger partial charge is 0.310 e. The number of thiophene rings is 1. The molecule has 1 aromatic heterocycles. The zero-order valence-corrected chi connectivity index (χ0v) is 16.6. The Morgan fingerprint density at radius 2 is 2.12 bits per heavy atom. The fourth-order valence-electron chi connectivity index (χ4n) is 3.11. The Labute approximate surface area is 160 Å². The zero-order valence-electron chi connectivity index (χ0n) is 14.3. The molecule has 1 unspecified atom stereocenters. The number of nitrogens with one attached hydrogen (secondary N) is 1. The average molecular weight is 417 g/mol. The SMILES string of the molecule is CCN1C(=O)CC(C)c2cc(NS(=O)(=O)Cc3ccc(Cl)s3)cc(F)c21. The summed E-state index contributed by atoms with van der Waals surface area (Å²) in [6.07, 6.45) is 0.268. The molecule has 3 rings (SSSR count). The Balaban J connectivity index is 1.91. The van der Waals surface area contributed by atoms with Crippen LogP contribution >= 0.6 is 22.9 Å². The van der Waals surface area contributed by atoms with Crippen LogP contribution in [-0.4, -0.2) is 20.9 Å². The summed E-state index contributed by atoms with van der Waals surface area (Å²) in [5.41, 5.74) is 1.02. The minimum atomic E-state index is -3.71. The van der Waals surface area contributed by atoms with Crippen LogP contribution in [0.5, 0.6) is 0 Å². The van der Waals surface area contributed by atoms with Gasteiger partial charge in [0.1, 0.15) is 11.6 Å². The minimum absolute atomic E-state index is 0.130. The maximum atomic E-state index is 14.7. The van der Waals surface area contributed by atoms with Gasteiger partial charge in [-0.3, -0.25) is 9.52 Å². The fraction of sp³-hybridized carbons (Fsp3) is 0.353.